The summed E-state index contributed by atoms with van der Waals surface area (Å²) in [5, 5.41) is 3.20. The Bertz CT molecular complexity index is 804. The predicted molar refractivity (Wildman–Crippen MR) is 105 cm³/mol. The van der Waals surface area contributed by atoms with E-state index in [9.17, 15) is 4.79 Å². The van der Waals surface area contributed by atoms with Gasteiger partial charge >= 0.3 is 0 Å². The third kappa shape index (κ3) is 4.44. The van der Waals surface area contributed by atoms with Crippen LogP contribution in [-0.2, 0) is 11.2 Å². The number of aryl methyl sites for hydroxylation is 1. The first-order valence-corrected chi connectivity index (χ1v) is 9.41. The van der Waals surface area contributed by atoms with Crippen molar-refractivity contribution in [2.24, 2.45) is 4.99 Å². The highest BCUT2D eigenvalue weighted by Gasteiger charge is 2.21. The van der Waals surface area contributed by atoms with Gasteiger partial charge in [0.15, 0.2) is 0 Å². The molecule has 5 heteroatoms. The second-order valence-electron chi connectivity index (χ2n) is 6.32. The third-order valence-corrected chi connectivity index (χ3v) is 4.72. The van der Waals surface area contributed by atoms with Crippen LogP contribution < -0.4 is 5.32 Å². The molecule has 0 radical (unpaired) electrons. The molecule has 0 fully saturated rings. The Morgan fingerprint density at radius 1 is 1.23 bits per heavy atom. The Morgan fingerprint density at radius 3 is 2.81 bits per heavy atom. The first-order valence-electron chi connectivity index (χ1n) is 9.03. The van der Waals surface area contributed by atoms with Crippen LogP contribution in [0.3, 0.4) is 0 Å². The van der Waals surface area contributed by atoms with Crippen LogP contribution in [0.1, 0.15) is 53.7 Å². The van der Waals surface area contributed by atoms with E-state index in [-0.39, 0.29) is 18.0 Å². The molecule has 136 valence electrons. The molecule has 0 saturated carbocycles. The minimum atomic E-state index is -0.311. The van der Waals surface area contributed by atoms with Crippen LogP contribution in [0.5, 0.6) is 0 Å². The van der Waals surface area contributed by atoms with Crippen molar-refractivity contribution in [2.75, 3.05) is 6.61 Å². The fraction of sp³-hybridized carbons (Fsp3) is 0.333. The largest absolute Gasteiger partial charge is 0.465 e. The number of halogens is 1. The van der Waals surface area contributed by atoms with Crippen molar-refractivity contribution in [3.63, 3.8) is 0 Å². The van der Waals surface area contributed by atoms with Gasteiger partial charge in [0.05, 0.1) is 23.2 Å². The van der Waals surface area contributed by atoms with E-state index >= 15 is 0 Å². The summed E-state index contributed by atoms with van der Waals surface area (Å²) in [6, 6.07) is 15.5. The number of nitrogens with zero attached hydrogens (tertiary/aromatic N) is 1. The second-order valence-corrected chi connectivity index (χ2v) is 6.73. The number of carbonyl (C=O) groups excluding carboxylic acids is 1. The molecule has 1 amide bonds. The fourth-order valence-corrected chi connectivity index (χ4v) is 3.34. The van der Waals surface area contributed by atoms with Crippen LogP contribution in [0.4, 0.5) is 0 Å². The fourth-order valence-electron chi connectivity index (χ4n) is 3.12. The SMILES string of the molecule is CCCOC(=NC1CCCc2ccccc21)NC(=O)c1ccccc1Cl. The van der Waals surface area contributed by atoms with E-state index in [1.54, 1.807) is 24.3 Å². The maximum Gasteiger partial charge on any atom is 0.292 e. The van der Waals surface area contributed by atoms with Crippen LogP contribution in [0, 0.1) is 0 Å². The standard InChI is InChI=1S/C21H23ClN2O2/c1-2-14-26-21(24-20(25)17-11-5-6-12-18(17)22)23-19-13-7-9-15-8-3-4-10-16(15)19/h3-6,8,10-12,19H,2,7,9,13-14H2,1H3,(H,23,24,25). The molecule has 0 aromatic heterocycles. The predicted octanol–water partition coefficient (Wildman–Crippen LogP) is 4.93. The highest BCUT2D eigenvalue weighted by molar-refractivity contribution is 6.34. The summed E-state index contributed by atoms with van der Waals surface area (Å²) >= 11 is 6.12. The minimum absolute atomic E-state index is 0.00153. The molecule has 1 atom stereocenters. The maximum atomic E-state index is 12.6. The first kappa shape index (κ1) is 18.5. The van der Waals surface area contributed by atoms with Gasteiger partial charge in [-0.15, -0.1) is 0 Å². The van der Waals surface area contributed by atoms with Crippen molar-refractivity contribution >= 4 is 23.5 Å². The summed E-state index contributed by atoms with van der Waals surface area (Å²) in [7, 11) is 0. The zero-order valence-electron chi connectivity index (χ0n) is 14.9. The van der Waals surface area contributed by atoms with E-state index in [0.29, 0.717) is 17.2 Å². The number of carbonyl (C=O) groups is 1. The van der Waals surface area contributed by atoms with Crippen LogP contribution in [0.2, 0.25) is 5.02 Å². The number of aliphatic imine (C=N–C) groups is 1. The smallest absolute Gasteiger partial charge is 0.292 e. The van der Waals surface area contributed by atoms with Crippen LogP contribution in [-0.4, -0.2) is 18.5 Å². The van der Waals surface area contributed by atoms with Gasteiger partial charge in [0.1, 0.15) is 0 Å². The Kier molecular flexibility index (Phi) is 6.29. The molecule has 4 nitrogen and oxygen atoms in total. The molecule has 3 rings (SSSR count). The van der Waals surface area contributed by atoms with E-state index in [1.165, 1.54) is 11.1 Å². The number of hydrogen-bond donors (Lipinski definition) is 1. The zero-order chi connectivity index (χ0) is 18.4. The molecule has 0 spiro atoms. The molecular weight excluding hydrogens is 348 g/mol. The van der Waals surface area contributed by atoms with E-state index in [4.69, 9.17) is 21.3 Å². The van der Waals surface area contributed by atoms with Gasteiger partial charge in [0.2, 0.25) is 0 Å². The summed E-state index contributed by atoms with van der Waals surface area (Å²) in [6.07, 6.45) is 3.92. The lowest BCUT2D eigenvalue weighted by molar-refractivity contribution is 0.0965. The van der Waals surface area contributed by atoms with Gasteiger partial charge in [-0.1, -0.05) is 54.9 Å². The van der Waals surface area contributed by atoms with Gasteiger partial charge in [-0.2, -0.15) is 0 Å². The number of amidine groups is 1. The molecule has 0 bridgehead atoms. The second kappa shape index (κ2) is 8.86. The van der Waals surface area contributed by atoms with Gasteiger partial charge in [-0.25, -0.2) is 4.99 Å². The number of rotatable bonds is 4. The Hall–Kier alpha value is -2.33. The molecule has 1 unspecified atom stereocenters. The van der Waals surface area contributed by atoms with Crippen molar-refractivity contribution < 1.29 is 9.53 Å². The lowest BCUT2D eigenvalue weighted by atomic mass is 9.88. The van der Waals surface area contributed by atoms with E-state index in [0.717, 1.165) is 25.7 Å². The minimum Gasteiger partial charge on any atom is -0.465 e. The molecule has 1 N–H and O–H groups in total. The number of fused-ring (bicyclic) bond motifs is 1. The summed E-state index contributed by atoms with van der Waals surface area (Å²) < 4.78 is 5.72. The normalized spacial score (nSPS) is 16.7. The monoisotopic (exact) mass is 370 g/mol. The lowest BCUT2D eigenvalue weighted by Gasteiger charge is -2.23. The maximum absolute atomic E-state index is 12.6. The Balaban J connectivity index is 1.83. The Morgan fingerprint density at radius 2 is 2.00 bits per heavy atom. The number of benzene rings is 2. The highest BCUT2D eigenvalue weighted by atomic mass is 35.5. The number of nitrogens with one attached hydrogen (secondary N) is 1. The zero-order valence-corrected chi connectivity index (χ0v) is 15.6. The molecule has 0 heterocycles. The topological polar surface area (TPSA) is 50.7 Å². The van der Waals surface area contributed by atoms with Crippen molar-refractivity contribution in [2.45, 2.75) is 38.6 Å². The van der Waals surface area contributed by atoms with E-state index < -0.39 is 0 Å². The number of amides is 1. The van der Waals surface area contributed by atoms with Crippen LogP contribution in [0.15, 0.2) is 53.5 Å². The van der Waals surface area contributed by atoms with Crippen molar-refractivity contribution in [3.05, 3.63) is 70.2 Å². The van der Waals surface area contributed by atoms with Gasteiger partial charge in [0, 0.05) is 0 Å². The first-order chi connectivity index (χ1) is 12.7. The molecule has 0 saturated heterocycles. The van der Waals surface area contributed by atoms with Gasteiger partial charge in [-0.05, 0) is 48.9 Å². The van der Waals surface area contributed by atoms with Gasteiger partial charge in [0.25, 0.3) is 11.9 Å². The summed E-state index contributed by atoms with van der Waals surface area (Å²) in [6.45, 7) is 2.51. The van der Waals surface area contributed by atoms with Gasteiger partial charge < -0.3 is 4.74 Å². The van der Waals surface area contributed by atoms with Crippen LogP contribution in [0.25, 0.3) is 0 Å². The molecule has 0 aliphatic heterocycles. The average molecular weight is 371 g/mol. The van der Waals surface area contributed by atoms with Gasteiger partial charge in [-0.3, -0.25) is 10.1 Å². The van der Waals surface area contributed by atoms with E-state index in [1.807, 2.05) is 13.0 Å². The third-order valence-electron chi connectivity index (χ3n) is 4.39. The summed E-state index contributed by atoms with van der Waals surface area (Å²) in [5.41, 5.74) is 2.94. The number of hydrogen-bond acceptors (Lipinski definition) is 3. The molecule has 2 aromatic carbocycles. The quantitative estimate of drug-likeness (QED) is 0.612. The summed E-state index contributed by atoms with van der Waals surface area (Å²) in [5.74, 6) is -0.311. The van der Waals surface area contributed by atoms with Crippen LogP contribution >= 0.6 is 11.6 Å². The molecule has 1 aliphatic rings. The molecule has 26 heavy (non-hydrogen) atoms. The average Bonchev–Trinajstić information content (AvgIpc) is 2.66. The van der Waals surface area contributed by atoms with Crippen molar-refractivity contribution in [3.8, 4) is 0 Å². The molecule has 1 aliphatic carbocycles. The van der Waals surface area contributed by atoms with Crippen molar-refractivity contribution in [1.29, 1.82) is 0 Å². The highest BCUT2D eigenvalue weighted by Crippen LogP contribution is 2.32. The molecular formula is C21H23ClN2O2. The molecule has 2 aromatic rings. The van der Waals surface area contributed by atoms with E-state index in [2.05, 4.69) is 23.5 Å². The lowest BCUT2D eigenvalue weighted by Crippen LogP contribution is -2.33. The summed E-state index contributed by atoms with van der Waals surface area (Å²) in [4.78, 5) is 17.3. The van der Waals surface area contributed by atoms with Crippen molar-refractivity contribution in [1.82, 2.24) is 5.32 Å². The number of ether oxygens (including phenoxy) is 1. The Labute approximate surface area is 159 Å².